The number of nitrogens with zero attached hydrogens (tertiary/aromatic N) is 1. The van der Waals surface area contributed by atoms with Crippen molar-refractivity contribution in [3.63, 3.8) is 0 Å². The first-order valence-corrected chi connectivity index (χ1v) is 12.3. The summed E-state index contributed by atoms with van der Waals surface area (Å²) in [7, 11) is 0. The maximum Gasteiger partial charge on any atom is 0.335 e. The topological polar surface area (TPSA) is 111 Å². The second kappa shape index (κ2) is 9.34. The fraction of sp³-hybridized carbons (Fsp3) is 0.194. The van der Waals surface area contributed by atoms with Gasteiger partial charge in [0.05, 0.1) is 17.2 Å². The van der Waals surface area contributed by atoms with Crippen molar-refractivity contribution in [2.75, 3.05) is 0 Å². The maximum absolute atomic E-state index is 13.4. The number of aromatic nitrogens is 1. The molecule has 3 N–H and O–H groups in total. The van der Waals surface area contributed by atoms with Crippen molar-refractivity contribution in [2.24, 2.45) is 0 Å². The molecule has 1 aliphatic rings. The van der Waals surface area contributed by atoms with Crippen molar-refractivity contribution in [2.45, 2.75) is 38.8 Å². The third-order valence-electron chi connectivity index (χ3n) is 7.03. The predicted molar refractivity (Wildman–Crippen MR) is 145 cm³/mol. The van der Waals surface area contributed by atoms with E-state index in [2.05, 4.69) is 25.8 Å². The summed E-state index contributed by atoms with van der Waals surface area (Å²) in [6.07, 6.45) is 1.64. The average molecular weight is 509 g/mol. The van der Waals surface area contributed by atoms with Crippen LogP contribution in [0.4, 0.5) is 0 Å². The van der Waals surface area contributed by atoms with E-state index >= 15 is 0 Å². The van der Waals surface area contributed by atoms with Crippen molar-refractivity contribution in [3.8, 4) is 0 Å². The Labute approximate surface area is 220 Å². The zero-order chi connectivity index (χ0) is 27.2. The Kier molecular flexibility index (Phi) is 6.15. The van der Waals surface area contributed by atoms with Gasteiger partial charge in [-0.3, -0.25) is 9.59 Å². The van der Waals surface area contributed by atoms with Gasteiger partial charge in [0.2, 0.25) is 0 Å². The molecule has 1 aliphatic heterocycles. The molecule has 1 fully saturated rings. The molecule has 5 rings (SSSR count). The molecule has 0 spiro atoms. The molecule has 7 heteroatoms. The molecule has 192 valence electrons. The lowest BCUT2D eigenvalue weighted by Gasteiger charge is -2.26. The molecule has 1 amide bonds. The minimum Gasteiger partial charge on any atom is -0.507 e. The molecule has 7 nitrogen and oxygen atoms in total. The highest BCUT2D eigenvalue weighted by Crippen LogP contribution is 2.41. The van der Waals surface area contributed by atoms with Gasteiger partial charge in [-0.15, -0.1) is 0 Å². The number of likely N-dealkylation sites (tertiary alicyclic amines) is 1. The number of para-hydroxylation sites is 1. The first-order chi connectivity index (χ1) is 18.1. The number of carbonyl (C=O) groups excluding carboxylic acids is 2. The van der Waals surface area contributed by atoms with E-state index in [-0.39, 0.29) is 28.9 Å². The Bertz CT molecular complexity index is 1590. The van der Waals surface area contributed by atoms with Gasteiger partial charge in [0.15, 0.2) is 0 Å². The van der Waals surface area contributed by atoms with Crippen molar-refractivity contribution in [3.05, 3.63) is 112 Å². The molecular weight excluding hydrogens is 480 g/mol. The standard InChI is InChI=1S/C31H28N2O5/c1-31(2,3)21-14-12-19(13-15-21)26-25(27(34)23-16-32-24-7-5-4-6-22(23)24)28(35)29(36)33(26)17-18-8-10-20(11-9-18)30(37)38/h4-16,26,32,34H,17H2,1-3H3,(H,37,38)/b27-25-. The lowest BCUT2D eigenvalue weighted by Crippen LogP contribution is -2.29. The first kappa shape index (κ1) is 25.0. The minimum absolute atomic E-state index is 0.0189. The number of ketones is 1. The van der Waals surface area contributed by atoms with Crippen molar-refractivity contribution in [1.82, 2.24) is 9.88 Å². The number of fused-ring (bicyclic) bond motifs is 1. The second-order valence-corrected chi connectivity index (χ2v) is 10.5. The molecule has 0 saturated carbocycles. The van der Waals surface area contributed by atoms with Crippen molar-refractivity contribution < 1.29 is 24.6 Å². The number of carbonyl (C=O) groups is 3. The van der Waals surface area contributed by atoms with E-state index < -0.39 is 23.7 Å². The lowest BCUT2D eigenvalue weighted by atomic mass is 9.85. The smallest absolute Gasteiger partial charge is 0.335 e. The number of carboxylic acid groups (broad SMARTS) is 1. The van der Waals surface area contributed by atoms with E-state index in [9.17, 15) is 24.6 Å². The summed E-state index contributed by atoms with van der Waals surface area (Å²) < 4.78 is 0. The number of aliphatic hydroxyl groups excluding tert-OH is 1. The molecule has 0 bridgehead atoms. The number of H-pyrrole nitrogens is 1. The van der Waals surface area contributed by atoms with Gasteiger partial charge in [0.1, 0.15) is 5.76 Å². The fourth-order valence-electron chi connectivity index (χ4n) is 4.92. The van der Waals surface area contributed by atoms with Crippen molar-refractivity contribution >= 4 is 34.3 Å². The van der Waals surface area contributed by atoms with Crippen LogP contribution in [-0.2, 0) is 21.5 Å². The molecule has 0 radical (unpaired) electrons. The van der Waals surface area contributed by atoms with E-state index in [0.717, 1.165) is 16.5 Å². The normalized spacial score (nSPS) is 17.3. The number of Topliss-reactive ketones (excluding diaryl/α,β-unsaturated/α-hetero) is 1. The van der Waals surface area contributed by atoms with Gasteiger partial charge in [-0.05, 0) is 40.3 Å². The van der Waals surface area contributed by atoms with Gasteiger partial charge < -0.3 is 20.1 Å². The summed E-state index contributed by atoms with van der Waals surface area (Å²) in [6, 6.07) is 20.5. The minimum atomic E-state index is -1.05. The van der Waals surface area contributed by atoms with Crippen LogP contribution in [-0.4, -0.2) is 37.8 Å². The van der Waals surface area contributed by atoms with Crippen LogP contribution in [0.5, 0.6) is 0 Å². The largest absolute Gasteiger partial charge is 0.507 e. The van der Waals surface area contributed by atoms with Crippen LogP contribution in [0, 0.1) is 0 Å². The van der Waals surface area contributed by atoms with E-state index in [1.807, 2.05) is 48.5 Å². The highest BCUT2D eigenvalue weighted by Gasteiger charge is 2.46. The number of benzene rings is 3. The lowest BCUT2D eigenvalue weighted by molar-refractivity contribution is -0.140. The zero-order valence-corrected chi connectivity index (χ0v) is 21.4. The monoisotopic (exact) mass is 508 g/mol. The van der Waals surface area contributed by atoms with Crippen LogP contribution in [0.3, 0.4) is 0 Å². The number of aromatic amines is 1. The Morgan fingerprint density at radius 1 is 0.921 bits per heavy atom. The fourth-order valence-corrected chi connectivity index (χ4v) is 4.92. The first-order valence-electron chi connectivity index (χ1n) is 12.3. The van der Waals surface area contributed by atoms with Gasteiger partial charge in [-0.2, -0.15) is 0 Å². The number of carboxylic acids is 1. The summed E-state index contributed by atoms with van der Waals surface area (Å²) in [5, 5.41) is 21.4. The Morgan fingerprint density at radius 2 is 1.58 bits per heavy atom. The number of aromatic carboxylic acids is 1. The molecule has 3 aromatic carbocycles. The summed E-state index contributed by atoms with van der Waals surface area (Å²) in [5.74, 6) is -2.78. The van der Waals surface area contributed by atoms with Crippen LogP contribution in [0.15, 0.2) is 84.6 Å². The van der Waals surface area contributed by atoms with Gasteiger partial charge >= 0.3 is 5.97 Å². The highest BCUT2D eigenvalue weighted by molar-refractivity contribution is 6.46. The quantitative estimate of drug-likeness (QED) is 0.180. The van der Waals surface area contributed by atoms with E-state index in [1.165, 1.54) is 17.0 Å². The maximum atomic E-state index is 13.4. The van der Waals surface area contributed by atoms with Crippen molar-refractivity contribution in [1.29, 1.82) is 0 Å². The third kappa shape index (κ3) is 4.36. The number of aliphatic hydroxyl groups is 1. The Balaban J connectivity index is 1.64. The molecule has 1 saturated heterocycles. The van der Waals surface area contributed by atoms with Crippen LogP contribution in [0.2, 0.25) is 0 Å². The Hall–Kier alpha value is -4.65. The van der Waals surface area contributed by atoms with Gasteiger partial charge in [-0.1, -0.05) is 75.4 Å². The highest BCUT2D eigenvalue weighted by atomic mass is 16.4. The van der Waals surface area contributed by atoms with Crippen LogP contribution >= 0.6 is 0 Å². The summed E-state index contributed by atoms with van der Waals surface area (Å²) in [5.41, 5.74) is 3.76. The second-order valence-electron chi connectivity index (χ2n) is 10.5. The predicted octanol–water partition coefficient (Wildman–Crippen LogP) is 5.79. The summed E-state index contributed by atoms with van der Waals surface area (Å²) in [4.78, 5) is 42.6. The summed E-state index contributed by atoms with van der Waals surface area (Å²) in [6.45, 7) is 6.38. The molecule has 1 unspecified atom stereocenters. The number of hydrogen-bond donors (Lipinski definition) is 3. The van der Waals surface area contributed by atoms with E-state index in [0.29, 0.717) is 16.7 Å². The van der Waals surface area contributed by atoms with Gasteiger partial charge in [-0.25, -0.2) is 4.79 Å². The number of nitrogens with one attached hydrogen (secondary N) is 1. The SMILES string of the molecule is CC(C)(C)c1ccc(C2/C(=C(/O)c3c[nH]c4ccccc34)C(=O)C(=O)N2Cc2ccc(C(=O)O)cc2)cc1. The molecule has 4 aromatic rings. The number of rotatable bonds is 5. The van der Waals surface area contributed by atoms with E-state index in [1.54, 1.807) is 18.3 Å². The van der Waals surface area contributed by atoms with Crippen LogP contribution in [0.25, 0.3) is 16.7 Å². The molecule has 38 heavy (non-hydrogen) atoms. The Morgan fingerprint density at radius 3 is 2.21 bits per heavy atom. The molecule has 2 heterocycles. The zero-order valence-electron chi connectivity index (χ0n) is 21.4. The van der Waals surface area contributed by atoms with E-state index in [4.69, 9.17) is 0 Å². The van der Waals surface area contributed by atoms with Crippen LogP contribution in [0.1, 0.15) is 59.4 Å². The number of hydrogen-bond acceptors (Lipinski definition) is 4. The number of amides is 1. The average Bonchev–Trinajstić information content (AvgIpc) is 3.43. The molecular formula is C31H28N2O5. The van der Waals surface area contributed by atoms with Crippen LogP contribution < -0.4 is 0 Å². The molecule has 1 aromatic heterocycles. The molecule has 1 atom stereocenters. The van der Waals surface area contributed by atoms with Gasteiger partial charge in [0, 0.05) is 29.2 Å². The van der Waals surface area contributed by atoms with Gasteiger partial charge in [0.25, 0.3) is 11.7 Å². The third-order valence-corrected chi connectivity index (χ3v) is 7.03. The summed E-state index contributed by atoms with van der Waals surface area (Å²) >= 11 is 0. The molecule has 0 aliphatic carbocycles.